The first-order chi connectivity index (χ1) is 10.0. The fourth-order valence-electron chi connectivity index (χ4n) is 2.42. The fourth-order valence-corrected chi connectivity index (χ4v) is 2.89. The predicted octanol–water partition coefficient (Wildman–Crippen LogP) is 3.67. The Morgan fingerprint density at radius 3 is 2.76 bits per heavy atom. The maximum Gasteiger partial charge on any atom is 0.0644 e. The van der Waals surface area contributed by atoms with Crippen molar-refractivity contribution in [3.05, 3.63) is 51.8 Å². The average molecular weight is 351 g/mol. The Hall–Kier alpha value is -1.17. The van der Waals surface area contributed by atoms with E-state index in [0.29, 0.717) is 6.04 Å². The fraction of sp³-hybridized carbons (Fsp3) is 0.438. The Balaban J connectivity index is 2.17. The molecule has 1 aromatic heterocycles. The number of nitrogens with one attached hydrogen (secondary N) is 1. The van der Waals surface area contributed by atoms with Gasteiger partial charge in [-0.05, 0) is 49.6 Å². The summed E-state index contributed by atoms with van der Waals surface area (Å²) in [6.45, 7) is 6.44. The Morgan fingerprint density at radius 2 is 2.14 bits per heavy atom. The van der Waals surface area contributed by atoms with Crippen LogP contribution in [0.5, 0.6) is 0 Å². The molecule has 0 fully saturated rings. The largest absolute Gasteiger partial charge is 0.271 e. The molecule has 3 N–H and O–H groups in total. The van der Waals surface area contributed by atoms with Crippen molar-refractivity contribution in [1.29, 1.82) is 0 Å². The van der Waals surface area contributed by atoms with Crippen molar-refractivity contribution >= 4 is 15.9 Å². The first-order valence-corrected chi connectivity index (χ1v) is 8.10. The summed E-state index contributed by atoms with van der Waals surface area (Å²) in [4.78, 5) is 0. The van der Waals surface area contributed by atoms with Crippen molar-refractivity contribution < 1.29 is 0 Å². The van der Waals surface area contributed by atoms with Gasteiger partial charge in [-0.3, -0.25) is 16.0 Å². The third-order valence-corrected chi connectivity index (χ3v) is 4.42. The van der Waals surface area contributed by atoms with Crippen LogP contribution in [0.25, 0.3) is 0 Å². The summed E-state index contributed by atoms with van der Waals surface area (Å²) in [6.07, 6.45) is 3.90. The molecule has 1 heterocycles. The van der Waals surface area contributed by atoms with Crippen LogP contribution in [0.15, 0.2) is 34.9 Å². The molecule has 2 unspecified atom stereocenters. The van der Waals surface area contributed by atoms with Crippen LogP contribution < -0.4 is 11.3 Å². The summed E-state index contributed by atoms with van der Waals surface area (Å²) in [5, 5.41) is 4.65. The van der Waals surface area contributed by atoms with Crippen LogP contribution in [0.1, 0.15) is 49.2 Å². The van der Waals surface area contributed by atoms with E-state index in [-0.39, 0.29) is 6.04 Å². The second kappa shape index (κ2) is 7.20. The van der Waals surface area contributed by atoms with Gasteiger partial charge < -0.3 is 0 Å². The van der Waals surface area contributed by atoms with Crippen molar-refractivity contribution in [2.45, 2.75) is 45.7 Å². The SMILES string of the molecule is CCC(C)n1ccc(CC(NN)c2ccc(Br)cc2C)n1. The molecule has 21 heavy (non-hydrogen) atoms. The molecular weight excluding hydrogens is 328 g/mol. The molecule has 0 aliphatic heterocycles. The lowest BCUT2D eigenvalue weighted by Crippen LogP contribution is -2.30. The van der Waals surface area contributed by atoms with Gasteiger partial charge in [0.15, 0.2) is 0 Å². The summed E-state index contributed by atoms with van der Waals surface area (Å²) in [5.41, 5.74) is 6.39. The zero-order chi connectivity index (χ0) is 15.4. The molecule has 0 spiro atoms. The number of rotatable bonds is 6. The van der Waals surface area contributed by atoms with Gasteiger partial charge in [0.1, 0.15) is 0 Å². The van der Waals surface area contributed by atoms with Crippen LogP contribution in [-0.2, 0) is 6.42 Å². The minimum absolute atomic E-state index is 0.0679. The highest BCUT2D eigenvalue weighted by molar-refractivity contribution is 9.10. The molecule has 2 aromatic rings. The topological polar surface area (TPSA) is 55.9 Å². The number of hydrogen-bond acceptors (Lipinski definition) is 3. The van der Waals surface area contributed by atoms with Gasteiger partial charge >= 0.3 is 0 Å². The summed E-state index contributed by atoms with van der Waals surface area (Å²) >= 11 is 3.49. The van der Waals surface area contributed by atoms with Gasteiger partial charge in [-0.2, -0.15) is 5.10 Å². The highest BCUT2D eigenvalue weighted by atomic mass is 79.9. The third kappa shape index (κ3) is 3.93. The first-order valence-electron chi connectivity index (χ1n) is 7.31. The van der Waals surface area contributed by atoms with E-state index < -0.39 is 0 Å². The Morgan fingerprint density at radius 1 is 1.38 bits per heavy atom. The van der Waals surface area contributed by atoms with E-state index in [4.69, 9.17) is 5.84 Å². The van der Waals surface area contributed by atoms with Crippen LogP contribution >= 0.6 is 15.9 Å². The lowest BCUT2D eigenvalue weighted by Gasteiger charge is -2.18. The van der Waals surface area contributed by atoms with E-state index >= 15 is 0 Å². The molecule has 0 saturated heterocycles. The first kappa shape index (κ1) is 16.2. The van der Waals surface area contributed by atoms with Gasteiger partial charge in [-0.1, -0.05) is 28.9 Å². The van der Waals surface area contributed by atoms with E-state index in [9.17, 15) is 0 Å². The highest BCUT2D eigenvalue weighted by Gasteiger charge is 2.15. The van der Waals surface area contributed by atoms with Crippen LogP contribution in [0.4, 0.5) is 0 Å². The van der Waals surface area contributed by atoms with Gasteiger partial charge in [-0.15, -0.1) is 0 Å². The monoisotopic (exact) mass is 350 g/mol. The Labute approximate surface area is 134 Å². The number of nitrogens with zero attached hydrogens (tertiary/aromatic N) is 2. The van der Waals surface area contributed by atoms with Gasteiger partial charge in [0.2, 0.25) is 0 Å². The van der Waals surface area contributed by atoms with Crippen molar-refractivity contribution in [3.63, 3.8) is 0 Å². The molecule has 4 nitrogen and oxygen atoms in total. The smallest absolute Gasteiger partial charge is 0.0644 e. The number of hydrogen-bond donors (Lipinski definition) is 2. The molecular formula is C16H23BrN4. The number of hydrazine groups is 1. The van der Waals surface area contributed by atoms with Crippen molar-refractivity contribution in [1.82, 2.24) is 15.2 Å². The molecule has 0 aliphatic carbocycles. The number of aromatic nitrogens is 2. The summed E-state index contributed by atoms with van der Waals surface area (Å²) in [7, 11) is 0. The van der Waals surface area contributed by atoms with Gasteiger partial charge in [0.25, 0.3) is 0 Å². The van der Waals surface area contributed by atoms with Gasteiger partial charge in [0, 0.05) is 23.1 Å². The van der Waals surface area contributed by atoms with Crippen molar-refractivity contribution in [2.24, 2.45) is 5.84 Å². The molecule has 5 heteroatoms. The summed E-state index contributed by atoms with van der Waals surface area (Å²) < 4.78 is 3.11. The number of aryl methyl sites for hydroxylation is 1. The molecule has 0 amide bonds. The maximum absolute atomic E-state index is 5.76. The molecule has 114 valence electrons. The highest BCUT2D eigenvalue weighted by Crippen LogP contribution is 2.24. The number of nitrogens with two attached hydrogens (primary N) is 1. The average Bonchev–Trinajstić information content (AvgIpc) is 2.93. The van der Waals surface area contributed by atoms with E-state index in [1.54, 1.807) is 0 Å². The van der Waals surface area contributed by atoms with E-state index in [1.807, 2.05) is 16.9 Å². The lowest BCUT2D eigenvalue weighted by atomic mass is 9.98. The van der Waals surface area contributed by atoms with Gasteiger partial charge in [0.05, 0.1) is 11.7 Å². The van der Waals surface area contributed by atoms with E-state index in [2.05, 4.69) is 65.4 Å². The normalized spacial score (nSPS) is 14.1. The number of halogens is 1. The van der Waals surface area contributed by atoms with Crippen molar-refractivity contribution in [3.8, 4) is 0 Å². The molecule has 2 atom stereocenters. The van der Waals surface area contributed by atoms with E-state index in [1.165, 1.54) is 11.1 Å². The lowest BCUT2D eigenvalue weighted by molar-refractivity contribution is 0.467. The second-order valence-corrected chi connectivity index (χ2v) is 6.38. The minimum atomic E-state index is 0.0679. The van der Waals surface area contributed by atoms with Crippen LogP contribution in [0.2, 0.25) is 0 Å². The zero-order valence-corrected chi connectivity index (χ0v) is 14.4. The standard InChI is InChI=1S/C16H23BrN4/c1-4-12(3)21-8-7-14(20-21)10-16(19-18)15-6-5-13(17)9-11(15)2/h5-9,12,16,19H,4,10,18H2,1-3H3. The molecule has 2 rings (SSSR count). The summed E-state index contributed by atoms with van der Waals surface area (Å²) in [5.74, 6) is 5.76. The van der Waals surface area contributed by atoms with Crippen LogP contribution in [-0.4, -0.2) is 9.78 Å². The van der Waals surface area contributed by atoms with Crippen molar-refractivity contribution in [2.75, 3.05) is 0 Å². The molecule has 0 radical (unpaired) electrons. The second-order valence-electron chi connectivity index (χ2n) is 5.47. The Bertz CT molecular complexity index is 594. The maximum atomic E-state index is 5.76. The van der Waals surface area contributed by atoms with Gasteiger partial charge in [-0.25, -0.2) is 0 Å². The van der Waals surface area contributed by atoms with E-state index in [0.717, 1.165) is 23.0 Å². The predicted molar refractivity (Wildman–Crippen MR) is 89.9 cm³/mol. The minimum Gasteiger partial charge on any atom is -0.271 e. The Kier molecular flexibility index (Phi) is 5.56. The van der Waals surface area contributed by atoms with Crippen LogP contribution in [0.3, 0.4) is 0 Å². The third-order valence-electron chi connectivity index (χ3n) is 3.93. The molecule has 0 aliphatic rings. The molecule has 0 bridgehead atoms. The summed E-state index contributed by atoms with van der Waals surface area (Å²) in [6, 6.07) is 8.83. The molecule has 0 saturated carbocycles. The zero-order valence-electron chi connectivity index (χ0n) is 12.8. The molecule has 1 aromatic carbocycles. The van der Waals surface area contributed by atoms with Crippen LogP contribution in [0, 0.1) is 6.92 Å². The quantitative estimate of drug-likeness (QED) is 0.617. The number of benzene rings is 1.